The van der Waals surface area contributed by atoms with Gasteiger partial charge in [-0.1, -0.05) is 35.5 Å². The third-order valence-corrected chi connectivity index (χ3v) is 2.04. The molecule has 0 saturated heterocycles. The van der Waals surface area contributed by atoms with Crippen molar-refractivity contribution in [2.45, 2.75) is 6.54 Å². The summed E-state index contributed by atoms with van der Waals surface area (Å²) in [6.07, 6.45) is 0. The number of rotatable bonds is 3. The minimum absolute atomic E-state index is 0.124. The second kappa shape index (κ2) is 4.10. The van der Waals surface area contributed by atoms with Gasteiger partial charge in [-0.25, -0.2) is 4.79 Å². The Balaban J connectivity index is 2.49. The van der Waals surface area contributed by atoms with Crippen molar-refractivity contribution < 1.29 is 9.63 Å². The molecule has 0 aliphatic heterocycles. The maximum absolute atomic E-state index is 11.2. The van der Waals surface area contributed by atoms with Crippen molar-refractivity contribution in [2.24, 2.45) is 0 Å². The van der Waals surface area contributed by atoms with E-state index in [-0.39, 0.29) is 13.2 Å². The van der Waals surface area contributed by atoms with E-state index in [2.05, 4.69) is 9.68 Å². The smallest absolute Gasteiger partial charge is 0.395 e. The number of aromatic nitrogens is 2. The van der Waals surface area contributed by atoms with Crippen LogP contribution in [0.5, 0.6) is 0 Å². The summed E-state index contributed by atoms with van der Waals surface area (Å²) >= 11 is 0. The molecule has 0 bridgehead atoms. The summed E-state index contributed by atoms with van der Waals surface area (Å²) in [5.41, 5.74) is 0.789. The van der Waals surface area contributed by atoms with Crippen LogP contribution in [0.2, 0.25) is 0 Å². The summed E-state index contributed by atoms with van der Waals surface area (Å²) in [5, 5.41) is 12.5. The summed E-state index contributed by atoms with van der Waals surface area (Å²) in [5.74, 6) is -0.113. The van der Waals surface area contributed by atoms with Gasteiger partial charge in [-0.15, -0.1) is 0 Å². The highest BCUT2D eigenvalue weighted by Gasteiger charge is 2.11. The van der Waals surface area contributed by atoms with E-state index < -0.39 is 5.76 Å². The standard InChI is InChI=1S/C10H10N2O3/c13-7-6-12-9(11-15-10(12)14)8-4-2-1-3-5-8/h1-5,13H,6-7H2. The highest BCUT2D eigenvalue weighted by atomic mass is 16.5. The molecule has 0 aliphatic carbocycles. The fourth-order valence-electron chi connectivity index (χ4n) is 1.36. The third kappa shape index (κ3) is 1.82. The summed E-state index contributed by atoms with van der Waals surface area (Å²) in [4.78, 5) is 11.2. The largest absolute Gasteiger partial charge is 0.441 e. The van der Waals surface area contributed by atoms with Crippen LogP contribution in [-0.4, -0.2) is 21.4 Å². The number of benzene rings is 1. The maximum Gasteiger partial charge on any atom is 0.441 e. The number of aliphatic hydroxyl groups excluding tert-OH is 1. The molecule has 2 rings (SSSR count). The molecule has 1 N–H and O–H groups in total. The van der Waals surface area contributed by atoms with E-state index in [1.807, 2.05) is 30.3 Å². The molecule has 5 heteroatoms. The number of nitrogens with zero attached hydrogens (tertiary/aromatic N) is 2. The van der Waals surface area contributed by atoms with E-state index in [0.29, 0.717) is 5.82 Å². The molecule has 0 amide bonds. The van der Waals surface area contributed by atoms with Crippen LogP contribution in [-0.2, 0) is 6.54 Å². The van der Waals surface area contributed by atoms with Crippen LogP contribution in [0.25, 0.3) is 11.4 Å². The van der Waals surface area contributed by atoms with Gasteiger partial charge in [0, 0.05) is 5.56 Å². The van der Waals surface area contributed by atoms with Crippen LogP contribution in [0.4, 0.5) is 0 Å². The zero-order valence-corrected chi connectivity index (χ0v) is 7.96. The van der Waals surface area contributed by atoms with E-state index in [1.54, 1.807) is 0 Å². The number of hydrogen-bond acceptors (Lipinski definition) is 4. The number of aliphatic hydroxyl groups is 1. The zero-order valence-electron chi connectivity index (χ0n) is 7.96. The Morgan fingerprint density at radius 1 is 1.33 bits per heavy atom. The lowest BCUT2D eigenvalue weighted by atomic mass is 10.2. The molecule has 0 fully saturated rings. The number of hydrogen-bond donors (Lipinski definition) is 1. The highest BCUT2D eigenvalue weighted by molar-refractivity contribution is 5.54. The molecular formula is C10H10N2O3. The molecule has 0 unspecified atom stereocenters. The maximum atomic E-state index is 11.2. The van der Waals surface area contributed by atoms with Gasteiger partial charge >= 0.3 is 5.76 Å². The van der Waals surface area contributed by atoms with Gasteiger partial charge in [-0.2, -0.15) is 0 Å². The SMILES string of the molecule is O=c1onc(-c2ccccc2)n1CCO. The normalized spacial score (nSPS) is 10.5. The Labute approximate surface area is 85.6 Å². The molecule has 0 aliphatic rings. The Morgan fingerprint density at radius 3 is 2.73 bits per heavy atom. The van der Waals surface area contributed by atoms with Crippen LogP contribution < -0.4 is 5.76 Å². The Morgan fingerprint density at radius 2 is 2.07 bits per heavy atom. The van der Waals surface area contributed by atoms with Crippen LogP contribution in [0.1, 0.15) is 0 Å². The van der Waals surface area contributed by atoms with Crippen LogP contribution in [0.15, 0.2) is 39.6 Å². The van der Waals surface area contributed by atoms with Crippen molar-refractivity contribution in [1.82, 2.24) is 9.72 Å². The van der Waals surface area contributed by atoms with Crippen molar-refractivity contribution in [2.75, 3.05) is 6.61 Å². The van der Waals surface area contributed by atoms with Gasteiger partial charge in [0.25, 0.3) is 0 Å². The lowest BCUT2D eigenvalue weighted by molar-refractivity contribution is 0.269. The molecule has 1 aromatic heterocycles. The lowest BCUT2D eigenvalue weighted by Crippen LogP contribution is -2.17. The van der Waals surface area contributed by atoms with Crippen LogP contribution >= 0.6 is 0 Å². The predicted molar refractivity (Wildman–Crippen MR) is 53.3 cm³/mol. The molecular weight excluding hydrogens is 196 g/mol. The van der Waals surface area contributed by atoms with Gasteiger partial charge in [0.15, 0.2) is 5.82 Å². The fourth-order valence-corrected chi connectivity index (χ4v) is 1.36. The first kappa shape index (κ1) is 9.67. The summed E-state index contributed by atoms with van der Waals surface area (Å²) in [6, 6.07) is 9.21. The second-order valence-corrected chi connectivity index (χ2v) is 3.01. The summed E-state index contributed by atoms with van der Waals surface area (Å²) in [7, 11) is 0. The van der Waals surface area contributed by atoms with Gasteiger partial charge in [0.2, 0.25) is 0 Å². The van der Waals surface area contributed by atoms with Gasteiger partial charge in [-0.05, 0) is 0 Å². The molecule has 1 aromatic carbocycles. The van der Waals surface area contributed by atoms with E-state index >= 15 is 0 Å². The molecule has 0 atom stereocenters. The van der Waals surface area contributed by atoms with Crippen molar-refractivity contribution in [1.29, 1.82) is 0 Å². The van der Waals surface area contributed by atoms with Crippen molar-refractivity contribution in [3.05, 3.63) is 40.9 Å². The molecule has 1 heterocycles. The van der Waals surface area contributed by atoms with Gasteiger partial charge < -0.3 is 5.11 Å². The molecule has 0 radical (unpaired) electrons. The molecule has 5 nitrogen and oxygen atoms in total. The van der Waals surface area contributed by atoms with Crippen molar-refractivity contribution in [3.63, 3.8) is 0 Å². The van der Waals surface area contributed by atoms with Crippen molar-refractivity contribution in [3.8, 4) is 11.4 Å². The summed E-state index contributed by atoms with van der Waals surface area (Å²) in [6.45, 7) is 0.0630. The van der Waals surface area contributed by atoms with E-state index in [9.17, 15) is 4.79 Å². The molecule has 2 aromatic rings. The molecule has 15 heavy (non-hydrogen) atoms. The minimum atomic E-state index is -0.553. The van der Waals surface area contributed by atoms with Crippen molar-refractivity contribution >= 4 is 0 Å². The predicted octanol–water partition coefficient (Wildman–Crippen LogP) is 0.496. The molecule has 0 saturated carbocycles. The average molecular weight is 206 g/mol. The molecule has 0 spiro atoms. The molecule has 78 valence electrons. The van der Waals surface area contributed by atoms with Crippen LogP contribution in [0.3, 0.4) is 0 Å². The van der Waals surface area contributed by atoms with E-state index in [0.717, 1.165) is 5.56 Å². The van der Waals surface area contributed by atoms with Gasteiger partial charge in [0.05, 0.1) is 13.2 Å². The first-order chi connectivity index (χ1) is 7.33. The fraction of sp³-hybridized carbons (Fsp3) is 0.200. The Hall–Kier alpha value is -1.88. The van der Waals surface area contributed by atoms with Crippen LogP contribution in [0, 0.1) is 0 Å². The first-order valence-corrected chi connectivity index (χ1v) is 4.55. The Kier molecular flexibility index (Phi) is 2.64. The topological polar surface area (TPSA) is 68.3 Å². The monoisotopic (exact) mass is 206 g/mol. The summed E-state index contributed by atoms with van der Waals surface area (Å²) < 4.78 is 5.85. The zero-order chi connectivity index (χ0) is 10.7. The Bertz CT molecular complexity index is 487. The minimum Gasteiger partial charge on any atom is -0.395 e. The lowest BCUT2D eigenvalue weighted by Gasteiger charge is -2.00. The van der Waals surface area contributed by atoms with E-state index in [4.69, 9.17) is 5.11 Å². The third-order valence-electron chi connectivity index (χ3n) is 2.04. The first-order valence-electron chi connectivity index (χ1n) is 4.55. The quantitative estimate of drug-likeness (QED) is 0.793. The van der Waals surface area contributed by atoms with Gasteiger partial charge in [-0.3, -0.25) is 9.09 Å². The average Bonchev–Trinajstić information content (AvgIpc) is 2.63. The second-order valence-electron chi connectivity index (χ2n) is 3.01. The van der Waals surface area contributed by atoms with E-state index in [1.165, 1.54) is 4.57 Å². The highest BCUT2D eigenvalue weighted by Crippen LogP contribution is 2.14. The van der Waals surface area contributed by atoms with Gasteiger partial charge in [0.1, 0.15) is 0 Å².